The van der Waals surface area contributed by atoms with Gasteiger partial charge in [0.15, 0.2) is 11.5 Å². The molecule has 1 aromatic heterocycles. The fourth-order valence-corrected chi connectivity index (χ4v) is 3.79. The van der Waals surface area contributed by atoms with Crippen molar-refractivity contribution in [2.45, 2.75) is 52.4 Å². The molecule has 3 aromatic rings. The Kier molecular flexibility index (Phi) is 6.23. The van der Waals surface area contributed by atoms with Gasteiger partial charge in [-0.3, -0.25) is 4.90 Å². The molecule has 31 heavy (non-hydrogen) atoms. The lowest BCUT2D eigenvalue weighted by atomic mass is 10.1. The second-order valence-electron chi connectivity index (χ2n) is 7.82. The summed E-state index contributed by atoms with van der Waals surface area (Å²) in [6.07, 6.45) is 2.17. The van der Waals surface area contributed by atoms with E-state index in [1.165, 1.54) is 6.07 Å². The lowest BCUT2D eigenvalue weighted by molar-refractivity contribution is -0.0514. The van der Waals surface area contributed by atoms with E-state index in [1.807, 2.05) is 25.1 Å². The molecule has 0 bridgehead atoms. The second-order valence-corrected chi connectivity index (χ2v) is 7.82. The van der Waals surface area contributed by atoms with Crippen molar-refractivity contribution in [2.24, 2.45) is 0 Å². The molecule has 1 aliphatic rings. The third kappa shape index (κ3) is 5.22. The summed E-state index contributed by atoms with van der Waals surface area (Å²) in [5.74, 6) is 0.331. The van der Waals surface area contributed by atoms with Crippen molar-refractivity contribution in [3.8, 4) is 11.5 Å². The van der Waals surface area contributed by atoms with E-state index in [0.717, 1.165) is 34.9 Å². The highest BCUT2D eigenvalue weighted by Crippen LogP contribution is 2.34. The molecule has 1 heterocycles. The van der Waals surface area contributed by atoms with E-state index in [-0.39, 0.29) is 11.4 Å². The van der Waals surface area contributed by atoms with E-state index in [0.29, 0.717) is 37.1 Å². The van der Waals surface area contributed by atoms with E-state index in [2.05, 4.69) is 9.64 Å². The molecule has 0 unspecified atom stereocenters. The Labute approximate surface area is 179 Å². The van der Waals surface area contributed by atoms with Crippen LogP contribution in [0.2, 0.25) is 0 Å². The Balaban J connectivity index is 1.61. The molecule has 0 N–H and O–H groups in total. The largest absolute Gasteiger partial charge is 0.490 e. The molecule has 0 atom stereocenters. The van der Waals surface area contributed by atoms with Crippen LogP contribution in [-0.4, -0.2) is 24.2 Å². The van der Waals surface area contributed by atoms with Crippen molar-refractivity contribution in [1.82, 2.24) is 4.90 Å². The van der Waals surface area contributed by atoms with Crippen molar-refractivity contribution < 1.29 is 22.7 Å². The average Bonchev–Trinajstić information content (AvgIpc) is 3.54. The zero-order valence-corrected chi connectivity index (χ0v) is 17.6. The standard InChI is InChI=1S/C24H25F2NO4/c1-3-29-22-11-16(5-9-20(22)31-24(25)26)13-27(18-6-7-18)14-17-12-23(28)30-21-10-15(2)4-8-19(17)21/h4-5,8-12,18,24H,3,6-7,13-14H2,1-2H3. The zero-order valence-electron chi connectivity index (χ0n) is 17.6. The number of ether oxygens (including phenoxy) is 2. The van der Waals surface area contributed by atoms with Gasteiger partial charge in [0.25, 0.3) is 0 Å². The van der Waals surface area contributed by atoms with Crippen molar-refractivity contribution >= 4 is 11.0 Å². The van der Waals surface area contributed by atoms with E-state index < -0.39 is 6.61 Å². The Hall–Kier alpha value is -2.93. The van der Waals surface area contributed by atoms with Gasteiger partial charge in [-0.25, -0.2) is 4.79 Å². The molecule has 164 valence electrons. The van der Waals surface area contributed by atoms with Crippen molar-refractivity contribution in [2.75, 3.05) is 6.61 Å². The van der Waals surface area contributed by atoms with Gasteiger partial charge in [0, 0.05) is 30.6 Å². The molecule has 5 nitrogen and oxygen atoms in total. The molecule has 0 spiro atoms. The first-order valence-corrected chi connectivity index (χ1v) is 10.4. The normalized spacial score (nSPS) is 13.9. The second kappa shape index (κ2) is 9.06. The summed E-state index contributed by atoms with van der Waals surface area (Å²) in [4.78, 5) is 14.4. The van der Waals surface area contributed by atoms with Crippen LogP contribution < -0.4 is 15.1 Å². The van der Waals surface area contributed by atoms with E-state index in [1.54, 1.807) is 25.1 Å². The molecule has 0 aliphatic heterocycles. The highest BCUT2D eigenvalue weighted by Gasteiger charge is 2.30. The van der Waals surface area contributed by atoms with Crippen LogP contribution in [0.5, 0.6) is 11.5 Å². The Morgan fingerprint density at radius 1 is 1.10 bits per heavy atom. The Morgan fingerprint density at radius 3 is 2.61 bits per heavy atom. The third-order valence-corrected chi connectivity index (χ3v) is 5.33. The maximum Gasteiger partial charge on any atom is 0.387 e. The predicted molar refractivity (Wildman–Crippen MR) is 114 cm³/mol. The number of benzene rings is 2. The zero-order chi connectivity index (χ0) is 22.0. The lowest BCUT2D eigenvalue weighted by Crippen LogP contribution is -2.25. The first-order chi connectivity index (χ1) is 14.9. The van der Waals surface area contributed by atoms with Crippen LogP contribution in [0.1, 0.15) is 36.5 Å². The fourth-order valence-electron chi connectivity index (χ4n) is 3.79. The van der Waals surface area contributed by atoms with Gasteiger partial charge in [-0.2, -0.15) is 8.78 Å². The van der Waals surface area contributed by atoms with E-state index in [9.17, 15) is 13.6 Å². The van der Waals surface area contributed by atoms with Crippen LogP contribution in [0.4, 0.5) is 8.78 Å². The van der Waals surface area contributed by atoms with Gasteiger partial charge in [0.1, 0.15) is 5.58 Å². The van der Waals surface area contributed by atoms with Crippen LogP contribution in [-0.2, 0) is 13.1 Å². The summed E-state index contributed by atoms with van der Waals surface area (Å²) in [6, 6.07) is 12.9. The van der Waals surface area contributed by atoms with Crippen LogP contribution in [0.15, 0.2) is 51.7 Å². The minimum absolute atomic E-state index is 0.0283. The Bertz CT molecular complexity index is 1120. The molecule has 4 rings (SSSR count). The maximum atomic E-state index is 12.7. The summed E-state index contributed by atoms with van der Waals surface area (Å²) in [5.41, 5.74) is 3.10. The highest BCUT2D eigenvalue weighted by molar-refractivity contribution is 5.80. The molecule has 7 heteroatoms. The summed E-state index contributed by atoms with van der Waals surface area (Å²) < 4.78 is 40.8. The summed E-state index contributed by atoms with van der Waals surface area (Å²) in [5, 5.41) is 0.923. The number of hydrogen-bond donors (Lipinski definition) is 0. The number of hydrogen-bond acceptors (Lipinski definition) is 5. The summed E-state index contributed by atoms with van der Waals surface area (Å²) in [7, 11) is 0. The minimum atomic E-state index is -2.91. The molecule has 1 saturated carbocycles. The number of aryl methyl sites for hydroxylation is 1. The number of fused-ring (bicyclic) bond motifs is 1. The summed E-state index contributed by atoms with van der Waals surface area (Å²) >= 11 is 0. The highest BCUT2D eigenvalue weighted by atomic mass is 19.3. The van der Waals surface area contributed by atoms with Gasteiger partial charge in [-0.05, 0) is 61.6 Å². The smallest absolute Gasteiger partial charge is 0.387 e. The molecule has 2 aromatic carbocycles. The summed E-state index contributed by atoms with van der Waals surface area (Å²) in [6.45, 7) is 2.39. The number of alkyl halides is 2. The first-order valence-electron chi connectivity index (χ1n) is 10.4. The van der Waals surface area contributed by atoms with Crippen molar-refractivity contribution in [1.29, 1.82) is 0 Å². The van der Waals surface area contributed by atoms with Gasteiger partial charge in [-0.15, -0.1) is 0 Å². The Morgan fingerprint density at radius 2 is 1.90 bits per heavy atom. The van der Waals surface area contributed by atoms with Crippen LogP contribution in [0.3, 0.4) is 0 Å². The minimum Gasteiger partial charge on any atom is -0.490 e. The van der Waals surface area contributed by atoms with Gasteiger partial charge in [0.2, 0.25) is 0 Å². The molecule has 0 amide bonds. The lowest BCUT2D eigenvalue weighted by Gasteiger charge is -2.23. The van der Waals surface area contributed by atoms with Gasteiger partial charge < -0.3 is 13.9 Å². The van der Waals surface area contributed by atoms with Crippen molar-refractivity contribution in [3.63, 3.8) is 0 Å². The predicted octanol–water partition coefficient (Wildman–Crippen LogP) is 5.27. The van der Waals surface area contributed by atoms with Gasteiger partial charge >= 0.3 is 12.2 Å². The molecule has 0 saturated heterocycles. The number of rotatable bonds is 9. The molecule has 0 radical (unpaired) electrons. The fraction of sp³-hybridized carbons (Fsp3) is 0.375. The molecular formula is C24H25F2NO4. The molecule has 1 fully saturated rings. The first kappa shape index (κ1) is 21.3. The van der Waals surface area contributed by atoms with E-state index >= 15 is 0 Å². The van der Waals surface area contributed by atoms with Crippen LogP contribution in [0.25, 0.3) is 11.0 Å². The van der Waals surface area contributed by atoms with Crippen LogP contribution in [0, 0.1) is 6.92 Å². The maximum absolute atomic E-state index is 12.7. The van der Waals surface area contributed by atoms with Gasteiger partial charge in [-0.1, -0.05) is 18.2 Å². The monoisotopic (exact) mass is 429 g/mol. The molecular weight excluding hydrogens is 404 g/mol. The topological polar surface area (TPSA) is 51.9 Å². The number of halogens is 2. The average molecular weight is 429 g/mol. The quantitative estimate of drug-likeness (QED) is 0.434. The molecule has 1 aliphatic carbocycles. The third-order valence-electron chi connectivity index (χ3n) is 5.33. The van der Waals surface area contributed by atoms with Crippen molar-refractivity contribution in [3.05, 3.63) is 69.6 Å². The van der Waals surface area contributed by atoms with Crippen LogP contribution >= 0.6 is 0 Å². The van der Waals surface area contributed by atoms with E-state index in [4.69, 9.17) is 9.15 Å². The van der Waals surface area contributed by atoms with Gasteiger partial charge in [0.05, 0.1) is 6.61 Å². The SMILES string of the molecule is CCOc1cc(CN(Cc2cc(=O)oc3cc(C)ccc23)C2CC2)ccc1OC(F)F. The number of nitrogens with zero attached hydrogens (tertiary/aromatic N) is 1.